The number of primary amides is 2. The molecule has 1 rings (SSSR count). The van der Waals surface area contributed by atoms with Crippen LogP contribution in [0.5, 0.6) is 5.75 Å². The summed E-state index contributed by atoms with van der Waals surface area (Å²) in [5, 5.41) is 39.4. The summed E-state index contributed by atoms with van der Waals surface area (Å²) in [6.45, 7) is 3.50. The molecule has 0 aliphatic heterocycles. The Bertz CT molecular complexity index is 1320. The van der Waals surface area contributed by atoms with Crippen LogP contribution in [0.3, 0.4) is 0 Å². The minimum Gasteiger partial charge on any atom is -0.508 e. The molecule has 14 N–H and O–H groups in total. The van der Waals surface area contributed by atoms with E-state index in [9.17, 15) is 48.6 Å². The zero-order valence-electron chi connectivity index (χ0n) is 26.0. The van der Waals surface area contributed by atoms with Gasteiger partial charge in [-0.05, 0) is 30.5 Å². The number of hydrogen-bond donors (Lipinski definition) is 11. The molecule has 0 saturated heterocycles. The minimum absolute atomic E-state index is 0.0852. The van der Waals surface area contributed by atoms with Crippen molar-refractivity contribution in [2.45, 2.75) is 76.3 Å². The second-order valence-electron chi connectivity index (χ2n) is 11.0. The Balaban J connectivity index is 3.19. The first-order chi connectivity index (χ1) is 21.9. The van der Waals surface area contributed by atoms with Crippen LogP contribution in [-0.4, -0.2) is 105 Å². The largest absolute Gasteiger partial charge is 0.508 e. The quantitative estimate of drug-likeness (QED) is 0.0662. The number of carbonyl (C=O) groups is 8. The molecule has 0 saturated carbocycles. The summed E-state index contributed by atoms with van der Waals surface area (Å²) in [6.07, 6.45) is -1.49. The van der Waals surface area contributed by atoms with E-state index in [-0.39, 0.29) is 12.2 Å². The molecule has 0 aromatic heterocycles. The van der Waals surface area contributed by atoms with Crippen LogP contribution in [-0.2, 0) is 44.8 Å². The number of rotatable bonds is 19. The van der Waals surface area contributed by atoms with Crippen molar-refractivity contribution in [3.63, 3.8) is 0 Å². The number of carboxylic acid groups (broad SMARTS) is 1. The van der Waals surface area contributed by atoms with Gasteiger partial charge in [-0.1, -0.05) is 26.0 Å². The number of aliphatic carboxylic acids is 1. The molecule has 0 aliphatic rings. The number of phenols is 1. The lowest BCUT2D eigenvalue weighted by molar-refractivity contribution is -0.143. The van der Waals surface area contributed by atoms with E-state index in [2.05, 4.69) is 26.6 Å². The number of nitrogens with one attached hydrogen (secondary N) is 5. The predicted molar refractivity (Wildman–Crippen MR) is 162 cm³/mol. The number of aromatic hydroxyl groups is 1. The summed E-state index contributed by atoms with van der Waals surface area (Å²) in [5.41, 5.74) is 16.3. The van der Waals surface area contributed by atoms with Gasteiger partial charge < -0.3 is 59.1 Å². The van der Waals surface area contributed by atoms with Crippen molar-refractivity contribution in [3.8, 4) is 5.75 Å². The van der Waals surface area contributed by atoms with Gasteiger partial charge in [-0.2, -0.15) is 0 Å². The summed E-state index contributed by atoms with van der Waals surface area (Å²) in [6, 6.07) is -3.20. The molecule has 6 atom stereocenters. The van der Waals surface area contributed by atoms with Gasteiger partial charge in [0.05, 0.1) is 25.5 Å². The molecule has 47 heavy (non-hydrogen) atoms. The maximum atomic E-state index is 13.4. The Morgan fingerprint density at radius 3 is 1.68 bits per heavy atom. The van der Waals surface area contributed by atoms with Gasteiger partial charge in [-0.25, -0.2) is 4.79 Å². The molecule has 0 spiro atoms. The molecule has 1 aromatic rings. The van der Waals surface area contributed by atoms with Gasteiger partial charge in [0.2, 0.25) is 41.4 Å². The lowest BCUT2D eigenvalue weighted by atomic mass is 10.0. The zero-order chi connectivity index (χ0) is 36.0. The Labute approximate surface area is 269 Å². The van der Waals surface area contributed by atoms with Crippen molar-refractivity contribution < 1.29 is 53.7 Å². The second-order valence-corrected chi connectivity index (χ2v) is 11.0. The van der Waals surface area contributed by atoms with Crippen LogP contribution in [0.4, 0.5) is 0 Å². The fourth-order valence-corrected chi connectivity index (χ4v) is 3.99. The smallest absolute Gasteiger partial charge is 0.328 e. The first kappa shape index (κ1) is 39.7. The number of aliphatic hydroxyl groups excluding tert-OH is 1. The molecular formula is C28H42N8O11. The maximum Gasteiger partial charge on any atom is 0.328 e. The van der Waals surface area contributed by atoms with E-state index in [0.29, 0.717) is 5.56 Å². The van der Waals surface area contributed by atoms with Crippen LogP contribution < -0.4 is 43.8 Å². The Morgan fingerprint density at radius 2 is 1.19 bits per heavy atom. The normalized spacial score (nSPS) is 14.7. The fourth-order valence-electron chi connectivity index (χ4n) is 3.99. The molecule has 1 aromatic carbocycles. The highest BCUT2D eigenvalue weighted by atomic mass is 16.4. The number of aliphatic hydroxyl groups is 1. The summed E-state index contributed by atoms with van der Waals surface area (Å²) >= 11 is 0. The topological polar surface area (TPSA) is 335 Å². The summed E-state index contributed by atoms with van der Waals surface area (Å²) in [7, 11) is 0. The number of nitrogens with two attached hydrogens (primary N) is 3. The lowest BCUT2D eigenvalue weighted by Gasteiger charge is -2.27. The van der Waals surface area contributed by atoms with Gasteiger partial charge in [0.1, 0.15) is 36.0 Å². The van der Waals surface area contributed by atoms with Gasteiger partial charge in [-0.3, -0.25) is 33.6 Å². The van der Waals surface area contributed by atoms with E-state index in [1.54, 1.807) is 13.8 Å². The molecule has 0 aliphatic carbocycles. The molecule has 0 bridgehead atoms. The van der Waals surface area contributed by atoms with Crippen molar-refractivity contribution in [2.24, 2.45) is 23.1 Å². The number of hydrogen-bond acceptors (Lipinski definition) is 11. The van der Waals surface area contributed by atoms with E-state index < -0.39 is 109 Å². The summed E-state index contributed by atoms with van der Waals surface area (Å²) in [5.74, 6) is -8.77. The van der Waals surface area contributed by atoms with Gasteiger partial charge in [0, 0.05) is 6.42 Å². The molecular weight excluding hydrogens is 624 g/mol. The Kier molecular flexibility index (Phi) is 15.7. The second kappa shape index (κ2) is 18.6. The lowest BCUT2D eigenvalue weighted by Crippen LogP contribution is -2.60. The first-order valence-corrected chi connectivity index (χ1v) is 14.3. The standard InChI is InChI=1S/C28H42N8O11/c1-12(2)22(27(45)35-19(11-37)28(46)47)36-23(41)13(3)32-25(43)17(8-14-4-6-15(38)7-5-14)34-26(44)18(10-21(31)40)33-24(42)16(29)9-20(30)39/h4-7,12-13,16-19,22,37-38H,8-11,29H2,1-3H3,(H2,30,39)(H2,31,40)(H,32,43)(H,33,42)(H,34,44)(H,35,45)(H,36,41)(H,46,47)/t13-,16-,17-,18-,19-,22-/m0/s1. The summed E-state index contributed by atoms with van der Waals surface area (Å²) < 4.78 is 0. The van der Waals surface area contributed by atoms with Crippen LogP contribution >= 0.6 is 0 Å². The number of carboxylic acids is 1. The minimum atomic E-state index is -1.63. The number of benzene rings is 1. The molecule has 0 fully saturated rings. The van der Waals surface area contributed by atoms with Crippen molar-refractivity contribution in [3.05, 3.63) is 29.8 Å². The molecule has 19 heteroatoms. The van der Waals surface area contributed by atoms with Crippen LogP contribution in [0.15, 0.2) is 24.3 Å². The van der Waals surface area contributed by atoms with Crippen molar-refractivity contribution in [1.82, 2.24) is 26.6 Å². The highest BCUT2D eigenvalue weighted by Crippen LogP contribution is 2.12. The monoisotopic (exact) mass is 666 g/mol. The average molecular weight is 667 g/mol. The molecule has 0 heterocycles. The molecule has 0 unspecified atom stereocenters. The number of phenolic OH excluding ortho intramolecular Hbond substituents is 1. The third-order valence-electron chi connectivity index (χ3n) is 6.60. The van der Waals surface area contributed by atoms with Crippen LogP contribution in [0.2, 0.25) is 0 Å². The highest BCUT2D eigenvalue weighted by molar-refractivity contribution is 5.98. The number of carbonyl (C=O) groups excluding carboxylic acids is 7. The highest BCUT2D eigenvalue weighted by Gasteiger charge is 2.33. The van der Waals surface area contributed by atoms with Gasteiger partial charge in [0.25, 0.3) is 0 Å². The van der Waals surface area contributed by atoms with Crippen LogP contribution in [0, 0.1) is 5.92 Å². The maximum absolute atomic E-state index is 13.4. The van der Waals surface area contributed by atoms with E-state index in [1.807, 2.05) is 0 Å². The van der Waals surface area contributed by atoms with Gasteiger partial charge >= 0.3 is 5.97 Å². The van der Waals surface area contributed by atoms with Crippen molar-refractivity contribution in [2.75, 3.05) is 6.61 Å². The van der Waals surface area contributed by atoms with Crippen LogP contribution in [0.1, 0.15) is 39.2 Å². The third-order valence-corrected chi connectivity index (χ3v) is 6.60. The average Bonchev–Trinajstić information content (AvgIpc) is 2.97. The van der Waals surface area contributed by atoms with Gasteiger partial charge in [-0.15, -0.1) is 0 Å². The Hall–Kier alpha value is -5.30. The van der Waals surface area contributed by atoms with Crippen molar-refractivity contribution >= 4 is 47.3 Å². The van der Waals surface area contributed by atoms with E-state index >= 15 is 0 Å². The molecule has 7 amide bonds. The van der Waals surface area contributed by atoms with E-state index in [0.717, 1.165) is 0 Å². The third kappa shape index (κ3) is 13.7. The summed E-state index contributed by atoms with van der Waals surface area (Å²) in [4.78, 5) is 98.7. The fraction of sp³-hybridized carbons (Fsp3) is 0.500. The molecule has 19 nitrogen and oxygen atoms in total. The van der Waals surface area contributed by atoms with E-state index in [4.69, 9.17) is 22.3 Å². The zero-order valence-corrected chi connectivity index (χ0v) is 26.0. The van der Waals surface area contributed by atoms with Gasteiger partial charge in [0.15, 0.2) is 0 Å². The van der Waals surface area contributed by atoms with E-state index in [1.165, 1.54) is 31.2 Å². The Morgan fingerprint density at radius 1 is 0.681 bits per heavy atom. The van der Waals surface area contributed by atoms with Crippen molar-refractivity contribution in [1.29, 1.82) is 0 Å². The predicted octanol–water partition coefficient (Wildman–Crippen LogP) is -4.81. The molecule has 0 radical (unpaired) electrons. The first-order valence-electron chi connectivity index (χ1n) is 14.3. The van der Waals surface area contributed by atoms with Crippen LogP contribution in [0.25, 0.3) is 0 Å². The SMILES string of the molecule is CC(C)[C@H](NC(=O)[C@H](C)NC(=O)[C@H](Cc1ccc(O)cc1)NC(=O)[C@H](CC(N)=O)NC(=O)[C@@H](N)CC(N)=O)C(=O)N[C@@H](CO)C(=O)O. The molecule has 260 valence electrons. The number of amides is 7.